The fourth-order valence-corrected chi connectivity index (χ4v) is 3.56. The van der Waals surface area contributed by atoms with Gasteiger partial charge in [0, 0.05) is 58.4 Å². The largest absolute Gasteiger partial charge is 0.336 e. The lowest BCUT2D eigenvalue weighted by Crippen LogP contribution is -2.53. The SMILES string of the molecule is CC(=O)Nc1cccc(C(=O)N2CCN(S(=O)(=O)N(C)C)CC2)c1. The predicted octanol–water partition coefficient (Wildman–Crippen LogP) is 0.209. The van der Waals surface area contributed by atoms with Crippen LogP contribution in [0, 0.1) is 0 Å². The van der Waals surface area contributed by atoms with Crippen LogP contribution in [-0.2, 0) is 15.0 Å². The maximum atomic E-state index is 12.6. The molecule has 1 fully saturated rings. The lowest BCUT2D eigenvalue weighted by atomic mass is 10.1. The standard InChI is InChI=1S/C15H22N4O4S/c1-12(20)16-14-6-4-5-13(11-14)15(21)18-7-9-19(10-8-18)24(22,23)17(2)3/h4-6,11H,7-10H2,1-3H3,(H,16,20). The molecule has 0 bridgehead atoms. The fourth-order valence-electron chi connectivity index (χ4n) is 2.47. The number of anilines is 1. The summed E-state index contributed by atoms with van der Waals surface area (Å²) in [6.07, 6.45) is 0. The van der Waals surface area contributed by atoms with Crippen molar-refractivity contribution in [2.45, 2.75) is 6.92 Å². The van der Waals surface area contributed by atoms with Gasteiger partial charge in [0.25, 0.3) is 16.1 Å². The number of nitrogens with one attached hydrogen (secondary N) is 1. The summed E-state index contributed by atoms with van der Waals surface area (Å²) in [7, 11) is -0.480. The first-order chi connectivity index (χ1) is 11.2. The zero-order valence-corrected chi connectivity index (χ0v) is 14.8. The van der Waals surface area contributed by atoms with Crippen molar-refractivity contribution in [2.75, 3.05) is 45.6 Å². The second-order valence-electron chi connectivity index (χ2n) is 5.74. The molecule has 0 aromatic heterocycles. The zero-order chi connectivity index (χ0) is 17.9. The van der Waals surface area contributed by atoms with Crippen LogP contribution in [0.4, 0.5) is 5.69 Å². The monoisotopic (exact) mass is 354 g/mol. The summed E-state index contributed by atoms with van der Waals surface area (Å²) in [5.74, 6) is -0.383. The molecule has 2 amide bonds. The van der Waals surface area contributed by atoms with Gasteiger partial charge in [-0.2, -0.15) is 17.0 Å². The molecular formula is C15H22N4O4S. The minimum atomic E-state index is -3.45. The van der Waals surface area contributed by atoms with Crippen LogP contribution in [-0.4, -0.2) is 74.0 Å². The van der Waals surface area contributed by atoms with Crippen molar-refractivity contribution in [3.05, 3.63) is 29.8 Å². The molecule has 0 aliphatic carbocycles. The Labute approximate surface area is 142 Å². The highest BCUT2D eigenvalue weighted by molar-refractivity contribution is 7.86. The lowest BCUT2D eigenvalue weighted by Gasteiger charge is -2.35. The van der Waals surface area contributed by atoms with Gasteiger partial charge in [-0.1, -0.05) is 6.07 Å². The number of piperazine rings is 1. The second-order valence-corrected chi connectivity index (χ2v) is 7.89. The van der Waals surface area contributed by atoms with E-state index in [1.807, 2.05) is 0 Å². The molecule has 8 nitrogen and oxygen atoms in total. The molecule has 1 aromatic rings. The molecule has 0 unspecified atom stereocenters. The first-order valence-corrected chi connectivity index (χ1v) is 8.96. The van der Waals surface area contributed by atoms with E-state index in [0.717, 1.165) is 0 Å². The second kappa shape index (κ2) is 7.29. The maximum absolute atomic E-state index is 12.6. The summed E-state index contributed by atoms with van der Waals surface area (Å²) >= 11 is 0. The summed E-state index contributed by atoms with van der Waals surface area (Å²) < 4.78 is 26.7. The molecule has 1 heterocycles. The van der Waals surface area contributed by atoms with Gasteiger partial charge in [0.1, 0.15) is 0 Å². The highest BCUT2D eigenvalue weighted by Gasteiger charge is 2.30. The van der Waals surface area contributed by atoms with E-state index >= 15 is 0 Å². The molecule has 132 valence electrons. The van der Waals surface area contributed by atoms with E-state index in [2.05, 4.69) is 5.32 Å². The molecule has 1 aliphatic rings. The third-order valence-electron chi connectivity index (χ3n) is 3.74. The fraction of sp³-hybridized carbons (Fsp3) is 0.467. The third-order valence-corrected chi connectivity index (χ3v) is 5.68. The first-order valence-electron chi connectivity index (χ1n) is 7.56. The Kier molecular flexibility index (Phi) is 5.58. The number of hydrogen-bond acceptors (Lipinski definition) is 4. The van der Waals surface area contributed by atoms with Gasteiger partial charge in [0.15, 0.2) is 0 Å². The molecule has 9 heteroatoms. The van der Waals surface area contributed by atoms with Gasteiger partial charge in [-0.15, -0.1) is 0 Å². The van der Waals surface area contributed by atoms with E-state index in [4.69, 9.17) is 0 Å². The van der Waals surface area contributed by atoms with Gasteiger partial charge in [-0.25, -0.2) is 0 Å². The Morgan fingerprint density at radius 3 is 2.29 bits per heavy atom. The van der Waals surface area contributed by atoms with Gasteiger partial charge in [0.2, 0.25) is 5.91 Å². The highest BCUT2D eigenvalue weighted by atomic mass is 32.2. The molecular weight excluding hydrogens is 332 g/mol. The Hall–Kier alpha value is -1.97. The number of amides is 2. The van der Waals surface area contributed by atoms with Crippen LogP contribution in [0.15, 0.2) is 24.3 Å². The summed E-state index contributed by atoms with van der Waals surface area (Å²) in [5.41, 5.74) is 1.02. The van der Waals surface area contributed by atoms with Gasteiger partial charge in [0.05, 0.1) is 0 Å². The van der Waals surface area contributed by atoms with Crippen molar-refractivity contribution in [3.63, 3.8) is 0 Å². The Morgan fingerprint density at radius 2 is 1.75 bits per heavy atom. The highest BCUT2D eigenvalue weighted by Crippen LogP contribution is 2.15. The topological polar surface area (TPSA) is 90.0 Å². The summed E-state index contributed by atoms with van der Waals surface area (Å²) in [6, 6.07) is 6.70. The Bertz CT molecular complexity index is 725. The van der Waals surface area contributed by atoms with E-state index < -0.39 is 10.2 Å². The molecule has 1 aromatic carbocycles. The van der Waals surface area contributed by atoms with E-state index in [9.17, 15) is 18.0 Å². The molecule has 1 saturated heterocycles. The number of carbonyl (C=O) groups is 2. The van der Waals surface area contributed by atoms with Crippen LogP contribution in [0.2, 0.25) is 0 Å². The smallest absolute Gasteiger partial charge is 0.281 e. The van der Waals surface area contributed by atoms with Gasteiger partial charge < -0.3 is 10.2 Å². The van der Waals surface area contributed by atoms with Gasteiger partial charge >= 0.3 is 0 Å². The van der Waals surface area contributed by atoms with Crippen molar-refractivity contribution in [1.82, 2.24) is 13.5 Å². The maximum Gasteiger partial charge on any atom is 0.281 e. The van der Waals surface area contributed by atoms with E-state index in [0.29, 0.717) is 24.3 Å². The lowest BCUT2D eigenvalue weighted by molar-refractivity contribution is -0.114. The quantitative estimate of drug-likeness (QED) is 0.837. The van der Waals surface area contributed by atoms with Crippen LogP contribution in [0.25, 0.3) is 0 Å². The van der Waals surface area contributed by atoms with E-state index in [1.165, 1.54) is 29.6 Å². The predicted molar refractivity (Wildman–Crippen MR) is 90.8 cm³/mol. The molecule has 2 rings (SSSR count). The number of hydrogen-bond donors (Lipinski definition) is 1. The molecule has 24 heavy (non-hydrogen) atoms. The normalized spacial score (nSPS) is 16.2. The van der Waals surface area contributed by atoms with Gasteiger partial charge in [-0.05, 0) is 18.2 Å². The number of rotatable bonds is 4. The minimum absolute atomic E-state index is 0.177. The van der Waals surface area contributed by atoms with Crippen molar-refractivity contribution in [3.8, 4) is 0 Å². The van der Waals surface area contributed by atoms with Crippen LogP contribution in [0.1, 0.15) is 17.3 Å². The van der Waals surface area contributed by atoms with Crippen molar-refractivity contribution >= 4 is 27.7 Å². The summed E-state index contributed by atoms with van der Waals surface area (Å²) in [5, 5.41) is 2.64. The average molecular weight is 354 g/mol. The molecule has 0 atom stereocenters. The van der Waals surface area contributed by atoms with Crippen LogP contribution < -0.4 is 5.32 Å². The zero-order valence-electron chi connectivity index (χ0n) is 14.0. The third kappa shape index (κ3) is 4.11. The van der Waals surface area contributed by atoms with Crippen molar-refractivity contribution in [1.29, 1.82) is 0 Å². The average Bonchev–Trinajstić information content (AvgIpc) is 2.53. The van der Waals surface area contributed by atoms with Crippen LogP contribution >= 0.6 is 0 Å². The molecule has 1 aliphatic heterocycles. The van der Waals surface area contributed by atoms with Crippen LogP contribution in [0.5, 0.6) is 0 Å². The molecule has 0 spiro atoms. The van der Waals surface area contributed by atoms with E-state index in [-0.39, 0.29) is 24.9 Å². The van der Waals surface area contributed by atoms with Crippen molar-refractivity contribution < 1.29 is 18.0 Å². The van der Waals surface area contributed by atoms with Gasteiger partial charge in [-0.3, -0.25) is 9.59 Å². The van der Waals surface area contributed by atoms with E-state index in [1.54, 1.807) is 29.2 Å². The number of nitrogens with zero attached hydrogens (tertiary/aromatic N) is 3. The van der Waals surface area contributed by atoms with Crippen LogP contribution in [0.3, 0.4) is 0 Å². The minimum Gasteiger partial charge on any atom is -0.336 e. The molecule has 1 N–H and O–H groups in total. The Morgan fingerprint density at radius 1 is 1.12 bits per heavy atom. The first kappa shape index (κ1) is 18.4. The summed E-state index contributed by atoms with van der Waals surface area (Å²) in [6.45, 7) is 2.58. The molecule has 0 saturated carbocycles. The van der Waals surface area contributed by atoms with Crippen molar-refractivity contribution in [2.24, 2.45) is 0 Å². The summed E-state index contributed by atoms with van der Waals surface area (Å²) in [4.78, 5) is 25.3. The molecule has 0 radical (unpaired) electrons. The Balaban J connectivity index is 2.04. The number of carbonyl (C=O) groups excluding carboxylic acids is 2. The number of benzene rings is 1.